The van der Waals surface area contributed by atoms with Crippen LogP contribution in [0.25, 0.3) is 0 Å². The van der Waals surface area contributed by atoms with Crippen molar-refractivity contribution < 1.29 is 14.3 Å². The van der Waals surface area contributed by atoms with Gasteiger partial charge in [0.15, 0.2) is 11.6 Å². The van der Waals surface area contributed by atoms with E-state index in [1.54, 1.807) is 0 Å². The molecule has 1 aromatic carbocycles. The number of H-pyrrole nitrogens is 1. The van der Waals surface area contributed by atoms with Crippen LogP contribution in [0.5, 0.6) is 5.75 Å². The standard InChI is InChI=1S/C12H11FN4O2/c13-8-5-7(3-4-9(8)18)14-12(19)11-15-10(16-17-11)6-1-2-6/h3-6,18H,1-2H2,(H,14,19)(H,15,16,17). The van der Waals surface area contributed by atoms with Gasteiger partial charge in [-0.15, -0.1) is 5.10 Å². The number of aromatic hydroxyl groups is 1. The van der Waals surface area contributed by atoms with Crippen LogP contribution in [0.4, 0.5) is 10.1 Å². The topological polar surface area (TPSA) is 90.9 Å². The molecule has 1 aromatic heterocycles. The lowest BCUT2D eigenvalue weighted by Gasteiger charge is -2.03. The Morgan fingerprint density at radius 3 is 2.95 bits per heavy atom. The first-order valence-electron chi connectivity index (χ1n) is 5.85. The SMILES string of the molecule is O=C(Nc1ccc(O)c(F)c1)c1n[nH]c(C2CC2)n1. The first kappa shape index (κ1) is 11.6. The minimum absolute atomic E-state index is 0.0235. The van der Waals surface area contributed by atoms with E-state index in [0.717, 1.165) is 18.9 Å². The number of aromatic amines is 1. The predicted molar refractivity (Wildman–Crippen MR) is 64.4 cm³/mol. The van der Waals surface area contributed by atoms with Crippen LogP contribution in [0.2, 0.25) is 0 Å². The summed E-state index contributed by atoms with van der Waals surface area (Å²) in [5.41, 5.74) is 0.234. The number of benzene rings is 1. The van der Waals surface area contributed by atoms with Crippen molar-refractivity contribution in [1.82, 2.24) is 15.2 Å². The van der Waals surface area contributed by atoms with E-state index >= 15 is 0 Å². The number of amides is 1. The Labute approximate surface area is 107 Å². The third kappa shape index (κ3) is 2.40. The summed E-state index contributed by atoms with van der Waals surface area (Å²) in [4.78, 5) is 15.9. The summed E-state index contributed by atoms with van der Waals surface area (Å²) in [5.74, 6) is -0.677. The number of phenols is 1. The highest BCUT2D eigenvalue weighted by Gasteiger charge is 2.28. The van der Waals surface area contributed by atoms with Gasteiger partial charge in [-0.05, 0) is 25.0 Å². The Morgan fingerprint density at radius 2 is 2.26 bits per heavy atom. The van der Waals surface area contributed by atoms with Crippen molar-refractivity contribution in [2.24, 2.45) is 0 Å². The molecule has 1 fully saturated rings. The van der Waals surface area contributed by atoms with Gasteiger partial charge in [0.2, 0.25) is 5.82 Å². The van der Waals surface area contributed by atoms with Crippen LogP contribution in [0.3, 0.4) is 0 Å². The molecule has 0 aliphatic heterocycles. The van der Waals surface area contributed by atoms with Gasteiger partial charge in [0.25, 0.3) is 5.91 Å². The third-order valence-electron chi connectivity index (χ3n) is 2.88. The Balaban J connectivity index is 1.74. The highest BCUT2D eigenvalue weighted by molar-refractivity contribution is 6.01. The van der Waals surface area contributed by atoms with Crippen LogP contribution in [-0.4, -0.2) is 26.2 Å². The van der Waals surface area contributed by atoms with E-state index in [-0.39, 0.29) is 11.5 Å². The molecule has 1 aliphatic rings. The molecule has 7 heteroatoms. The second-order valence-electron chi connectivity index (χ2n) is 4.44. The fourth-order valence-corrected chi connectivity index (χ4v) is 1.69. The number of hydrogen-bond donors (Lipinski definition) is 3. The number of carbonyl (C=O) groups excluding carboxylic acids is 1. The molecule has 0 radical (unpaired) electrons. The molecule has 3 N–H and O–H groups in total. The fourth-order valence-electron chi connectivity index (χ4n) is 1.69. The van der Waals surface area contributed by atoms with Crippen LogP contribution in [0.1, 0.15) is 35.2 Å². The smallest absolute Gasteiger partial charge is 0.295 e. The summed E-state index contributed by atoms with van der Waals surface area (Å²) in [6.45, 7) is 0. The van der Waals surface area contributed by atoms with Crippen molar-refractivity contribution in [3.8, 4) is 5.75 Å². The number of hydrogen-bond acceptors (Lipinski definition) is 4. The molecule has 0 bridgehead atoms. The van der Waals surface area contributed by atoms with Crippen molar-refractivity contribution in [1.29, 1.82) is 0 Å². The number of aromatic nitrogens is 3. The van der Waals surface area contributed by atoms with Crippen LogP contribution in [-0.2, 0) is 0 Å². The normalized spacial score (nSPS) is 14.4. The van der Waals surface area contributed by atoms with Gasteiger partial charge in [-0.1, -0.05) is 0 Å². The first-order valence-corrected chi connectivity index (χ1v) is 5.85. The molecule has 0 unspecified atom stereocenters. The molecule has 1 amide bonds. The van der Waals surface area contributed by atoms with Gasteiger partial charge < -0.3 is 10.4 Å². The number of carbonyl (C=O) groups is 1. The van der Waals surface area contributed by atoms with Gasteiger partial charge in [0.05, 0.1) is 0 Å². The Morgan fingerprint density at radius 1 is 1.47 bits per heavy atom. The zero-order valence-corrected chi connectivity index (χ0v) is 9.85. The molecule has 1 aliphatic carbocycles. The number of phenolic OH excluding ortho intramolecular Hbond substituents is 1. The summed E-state index contributed by atoms with van der Waals surface area (Å²) < 4.78 is 13.1. The number of nitrogens with zero attached hydrogens (tertiary/aromatic N) is 2. The minimum Gasteiger partial charge on any atom is -0.505 e. The first-order chi connectivity index (χ1) is 9.13. The number of nitrogens with one attached hydrogen (secondary N) is 2. The number of anilines is 1. The zero-order chi connectivity index (χ0) is 13.4. The highest BCUT2D eigenvalue weighted by Crippen LogP contribution is 2.37. The molecule has 6 nitrogen and oxygen atoms in total. The van der Waals surface area contributed by atoms with Crippen molar-refractivity contribution in [3.05, 3.63) is 35.7 Å². The molecule has 3 rings (SSSR count). The lowest BCUT2D eigenvalue weighted by atomic mass is 10.3. The van der Waals surface area contributed by atoms with E-state index in [0.29, 0.717) is 11.7 Å². The van der Waals surface area contributed by atoms with E-state index < -0.39 is 17.5 Å². The van der Waals surface area contributed by atoms with Crippen molar-refractivity contribution in [3.63, 3.8) is 0 Å². The summed E-state index contributed by atoms with van der Waals surface area (Å²) in [5, 5.41) is 18.1. The monoisotopic (exact) mass is 262 g/mol. The number of halogens is 1. The van der Waals surface area contributed by atoms with Gasteiger partial charge in [0, 0.05) is 17.7 Å². The number of rotatable bonds is 3. The molecule has 19 heavy (non-hydrogen) atoms. The van der Waals surface area contributed by atoms with E-state index in [1.807, 2.05) is 0 Å². The lowest BCUT2D eigenvalue weighted by molar-refractivity contribution is 0.101. The average Bonchev–Trinajstić information content (AvgIpc) is 3.11. The molecule has 98 valence electrons. The summed E-state index contributed by atoms with van der Waals surface area (Å²) in [7, 11) is 0. The van der Waals surface area contributed by atoms with Gasteiger partial charge in [-0.25, -0.2) is 9.37 Å². The molecule has 0 spiro atoms. The highest BCUT2D eigenvalue weighted by atomic mass is 19.1. The molecule has 0 saturated heterocycles. The van der Waals surface area contributed by atoms with Gasteiger partial charge in [-0.3, -0.25) is 9.89 Å². The van der Waals surface area contributed by atoms with Gasteiger partial charge in [0.1, 0.15) is 5.82 Å². The molecule has 1 heterocycles. The Bertz CT molecular complexity index is 636. The van der Waals surface area contributed by atoms with Crippen LogP contribution in [0.15, 0.2) is 18.2 Å². The molecule has 1 saturated carbocycles. The predicted octanol–water partition coefficient (Wildman–Crippen LogP) is 1.78. The molecule has 0 atom stereocenters. The quantitative estimate of drug-likeness (QED) is 0.735. The third-order valence-corrected chi connectivity index (χ3v) is 2.88. The average molecular weight is 262 g/mol. The second-order valence-corrected chi connectivity index (χ2v) is 4.44. The van der Waals surface area contributed by atoms with E-state index in [4.69, 9.17) is 5.11 Å². The van der Waals surface area contributed by atoms with Crippen LogP contribution in [0, 0.1) is 5.82 Å². The van der Waals surface area contributed by atoms with E-state index in [2.05, 4.69) is 20.5 Å². The van der Waals surface area contributed by atoms with Crippen LogP contribution < -0.4 is 5.32 Å². The Kier molecular flexibility index (Phi) is 2.66. The maximum absolute atomic E-state index is 13.1. The van der Waals surface area contributed by atoms with Crippen molar-refractivity contribution >= 4 is 11.6 Å². The molecular weight excluding hydrogens is 251 g/mol. The Hall–Kier alpha value is -2.44. The van der Waals surface area contributed by atoms with Gasteiger partial charge >= 0.3 is 0 Å². The van der Waals surface area contributed by atoms with E-state index in [1.165, 1.54) is 12.1 Å². The fraction of sp³-hybridized carbons (Fsp3) is 0.250. The zero-order valence-electron chi connectivity index (χ0n) is 9.85. The summed E-state index contributed by atoms with van der Waals surface area (Å²) >= 11 is 0. The maximum Gasteiger partial charge on any atom is 0.295 e. The van der Waals surface area contributed by atoms with Crippen molar-refractivity contribution in [2.75, 3.05) is 5.32 Å². The molecular formula is C12H11FN4O2. The van der Waals surface area contributed by atoms with Crippen molar-refractivity contribution in [2.45, 2.75) is 18.8 Å². The minimum atomic E-state index is -0.800. The van der Waals surface area contributed by atoms with Crippen LogP contribution >= 0.6 is 0 Å². The second kappa shape index (κ2) is 4.34. The summed E-state index contributed by atoms with van der Waals surface area (Å²) in [6.07, 6.45) is 2.11. The van der Waals surface area contributed by atoms with E-state index in [9.17, 15) is 9.18 Å². The summed E-state index contributed by atoms with van der Waals surface area (Å²) in [6, 6.07) is 3.59. The van der Waals surface area contributed by atoms with Gasteiger partial charge in [-0.2, -0.15) is 0 Å². The lowest BCUT2D eigenvalue weighted by Crippen LogP contribution is -2.13. The maximum atomic E-state index is 13.1. The molecule has 2 aromatic rings. The largest absolute Gasteiger partial charge is 0.505 e.